The first kappa shape index (κ1) is 15.0. The van der Waals surface area contributed by atoms with Gasteiger partial charge in [0.1, 0.15) is 6.10 Å². The molecule has 1 fully saturated rings. The van der Waals surface area contributed by atoms with Crippen molar-refractivity contribution in [1.29, 1.82) is 0 Å². The Bertz CT molecular complexity index is 663. The van der Waals surface area contributed by atoms with Gasteiger partial charge >= 0.3 is 0 Å². The molecule has 1 aliphatic heterocycles. The van der Waals surface area contributed by atoms with Gasteiger partial charge in [-0.3, -0.25) is 9.78 Å². The summed E-state index contributed by atoms with van der Waals surface area (Å²) in [5, 5.41) is 0.673. The topological polar surface area (TPSA) is 42.4 Å². The van der Waals surface area contributed by atoms with Crippen LogP contribution in [0.4, 0.5) is 0 Å². The number of hydrogen-bond donors (Lipinski definition) is 0. The van der Waals surface area contributed by atoms with E-state index in [-0.39, 0.29) is 18.1 Å². The van der Waals surface area contributed by atoms with E-state index in [0.717, 1.165) is 5.56 Å². The molecule has 3 rings (SSSR count). The van der Waals surface area contributed by atoms with Crippen molar-refractivity contribution in [2.24, 2.45) is 0 Å². The standard InChI is InChI=1S/C17H17ClN2O2/c1-12-11-22-16(14-3-2-4-15(18)9-14)10-20(12)17(21)13-5-7-19-8-6-13/h2-9,12,16H,10-11H2,1H3/t12-,16-/m1/s1. The number of rotatable bonds is 2. The van der Waals surface area contributed by atoms with Crippen molar-refractivity contribution >= 4 is 17.5 Å². The second kappa shape index (κ2) is 6.46. The molecule has 1 aromatic carbocycles. The molecule has 1 saturated heterocycles. The zero-order valence-corrected chi connectivity index (χ0v) is 13.0. The van der Waals surface area contributed by atoms with Gasteiger partial charge in [-0.25, -0.2) is 0 Å². The Morgan fingerprint density at radius 1 is 1.32 bits per heavy atom. The summed E-state index contributed by atoms with van der Waals surface area (Å²) in [4.78, 5) is 18.5. The third-order valence-electron chi connectivity index (χ3n) is 3.84. The molecule has 0 aliphatic carbocycles. The normalized spacial score (nSPS) is 21.6. The van der Waals surface area contributed by atoms with Crippen molar-refractivity contribution < 1.29 is 9.53 Å². The summed E-state index contributed by atoms with van der Waals surface area (Å²) in [7, 11) is 0. The van der Waals surface area contributed by atoms with E-state index in [2.05, 4.69) is 4.98 Å². The van der Waals surface area contributed by atoms with Crippen LogP contribution in [-0.2, 0) is 4.74 Å². The van der Waals surface area contributed by atoms with Gasteiger partial charge in [-0.05, 0) is 36.8 Å². The van der Waals surface area contributed by atoms with Crippen molar-refractivity contribution in [1.82, 2.24) is 9.88 Å². The number of aromatic nitrogens is 1. The van der Waals surface area contributed by atoms with E-state index in [1.54, 1.807) is 24.5 Å². The maximum absolute atomic E-state index is 12.7. The minimum absolute atomic E-state index is 0.00484. The summed E-state index contributed by atoms with van der Waals surface area (Å²) < 4.78 is 5.88. The number of halogens is 1. The minimum Gasteiger partial charge on any atom is -0.370 e. The molecule has 2 atom stereocenters. The van der Waals surface area contributed by atoms with Crippen LogP contribution in [0.15, 0.2) is 48.8 Å². The lowest BCUT2D eigenvalue weighted by atomic mass is 10.1. The van der Waals surface area contributed by atoms with Crippen molar-refractivity contribution in [2.75, 3.05) is 13.2 Å². The molecule has 0 spiro atoms. The van der Waals surface area contributed by atoms with Crippen LogP contribution in [0.5, 0.6) is 0 Å². The molecule has 2 heterocycles. The Balaban J connectivity index is 1.81. The maximum atomic E-state index is 12.7. The number of carbonyl (C=O) groups is 1. The van der Waals surface area contributed by atoms with Crippen LogP contribution in [0.25, 0.3) is 0 Å². The first-order valence-corrected chi connectivity index (χ1v) is 7.61. The number of benzene rings is 1. The fourth-order valence-electron chi connectivity index (χ4n) is 2.61. The Morgan fingerprint density at radius 2 is 2.09 bits per heavy atom. The first-order valence-electron chi connectivity index (χ1n) is 7.23. The summed E-state index contributed by atoms with van der Waals surface area (Å²) in [5.41, 5.74) is 1.64. The molecule has 22 heavy (non-hydrogen) atoms. The number of hydrogen-bond acceptors (Lipinski definition) is 3. The van der Waals surface area contributed by atoms with Gasteiger partial charge in [0.15, 0.2) is 0 Å². The average Bonchev–Trinajstić information content (AvgIpc) is 2.55. The summed E-state index contributed by atoms with van der Waals surface area (Å²) >= 11 is 6.04. The Labute approximate surface area is 134 Å². The van der Waals surface area contributed by atoms with Crippen LogP contribution >= 0.6 is 11.6 Å². The number of pyridine rings is 1. The molecule has 2 aromatic rings. The van der Waals surface area contributed by atoms with Crippen LogP contribution in [0.1, 0.15) is 28.9 Å². The molecule has 1 aliphatic rings. The molecule has 4 nitrogen and oxygen atoms in total. The van der Waals surface area contributed by atoms with Gasteiger partial charge in [0.2, 0.25) is 0 Å². The van der Waals surface area contributed by atoms with E-state index in [1.807, 2.05) is 36.1 Å². The van der Waals surface area contributed by atoms with Gasteiger partial charge < -0.3 is 9.64 Å². The third-order valence-corrected chi connectivity index (χ3v) is 4.08. The molecular formula is C17H17ClN2O2. The monoisotopic (exact) mass is 316 g/mol. The number of carbonyl (C=O) groups excluding carboxylic acids is 1. The van der Waals surface area contributed by atoms with Gasteiger partial charge in [0.05, 0.1) is 19.2 Å². The second-order valence-corrected chi connectivity index (χ2v) is 5.86. The van der Waals surface area contributed by atoms with Crippen LogP contribution in [0.2, 0.25) is 5.02 Å². The number of ether oxygens (including phenoxy) is 1. The molecule has 1 aromatic heterocycles. The fourth-order valence-corrected chi connectivity index (χ4v) is 2.81. The highest BCUT2D eigenvalue weighted by Crippen LogP contribution is 2.27. The summed E-state index contributed by atoms with van der Waals surface area (Å²) in [5.74, 6) is 0.00484. The largest absolute Gasteiger partial charge is 0.370 e. The SMILES string of the molecule is C[C@@H]1CO[C@@H](c2cccc(Cl)c2)CN1C(=O)c1ccncc1. The lowest BCUT2D eigenvalue weighted by Gasteiger charge is -2.38. The van der Waals surface area contributed by atoms with Crippen molar-refractivity contribution in [3.05, 3.63) is 64.9 Å². The lowest BCUT2D eigenvalue weighted by molar-refractivity contribution is -0.0486. The number of amides is 1. The second-order valence-electron chi connectivity index (χ2n) is 5.42. The van der Waals surface area contributed by atoms with E-state index in [0.29, 0.717) is 23.7 Å². The van der Waals surface area contributed by atoms with Crippen LogP contribution in [0, 0.1) is 0 Å². The molecule has 0 unspecified atom stereocenters. The van der Waals surface area contributed by atoms with Crippen molar-refractivity contribution in [3.8, 4) is 0 Å². The van der Waals surface area contributed by atoms with Gasteiger partial charge in [-0.2, -0.15) is 0 Å². The summed E-state index contributed by atoms with van der Waals surface area (Å²) in [6.45, 7) is 3.02. The molecule has 0 radical (unpaired) electrons. The van der Waals surface area contributed by atoms with Gasteiger partial charge in [0.25, 0.3) is 5.91 Å². The average molecular weight is 317 g/mol. The highest BCUT2D eigenvalue weighted by Gasteiger charge is 2.31. The minimum atomic E-state index is -0.152. The molecule has 1 amide bonds. The highest BCUT2D eigenvalue weighted by atomic mass is 35.5. The van der Waals surface area contributed by atoms with Gasteiger partial charge in [-0.15, -0.1) is 0 Å². The smallest absolute Gasteiger partial charge is 0.254 e. The maximum Gasteiger partial charge on any atom is 0.254 e. The molecule has 114 valence electrons. The zero-order valence-electron chi connectivity index (χ0n) is 12.3. The van der Waals surface area contributed by atoms with E-state index >= 15 is 0 Å². The predicted molar refractivity (Wildman–Crippen MR) is 84.9 cm³/mol. The highest BCUT2D eigenvalue weighted by molar-refractivity contribution is 6.30. The van der Waals surface area contributed by atoms with Crippen LogP contribution < -0.4 is 0 Å². The van der Waals surface area contributed by atoms with E-state index < -0.39 is 0 Å². The quantitative estimate of drug-likeness (QED) is 0.853. The van der Waals surface area contributed by atoms with E-state index in [1.165, 1.54) is 0 Å². The molecule has 0 bridgehead atoms. The Hall–Kier alpha value is -1.91. The Morgan fingerprint density at radius 3 is 2.82 bits per heavy atom. The van der Waals surface area contributed by atoms with Crippen LogP contribution in [0.3, 0.4) is 0 Å². The van der Waals surface area contributed by atoms with Gasteiger partial charge in [0, 0.05) is 23.0 Å². The summed E-state index contributed by atoms with van der Waals surface area (Å²) in [6, 6.07) is 11.1. The molecule has 5 heteroatoms. The van der Waals surface area contributed by atoms with Crippen molar-refractivity contribution in [2.45, 2.75) is 19.1 Å². The summed E-state index contributed by atoms with van der Waals surface area (Å²) in [6.07, 6.45) is 3.11. The first-order chi connectivity index (χ1) is 10.6. The lowest BCUT2D eigenvalue weighted by Crippen LogP contribution is -2.48. The zero-order chi connectivity index (χ0) is 15.5. The third kappa shape index (κ3) is 3.13. The molecular weight excluding hydrogens is 300 g/mol. The predicted octanol–water partition coefficient (Wildman–Crippen LogP) is 3.34. The van der Waals surface area contributed by atoms with E-state index in [9.17, 15) is 4.79 Å². The van der Waals surface area contributed by atoms with Crippen LogP contribution in [-0.4, -0.2) is 35.0 Å². The molecule has 0 saturated carbocycles. The number of nitrogens with zero attached hydrogens (tertiary/aromatic N) is 2. The molecule has 0 N–H and O–H groups in total. The Kier molecular flexibility index (Phi) is 4.41. The fraction of sp³-hybridized carbons (Fsp3) is 0.294. The van der Waals surface area contributed by atoms with Crippen molar-refractivity contribution in [3.63, 3.8) is 0 Å². The van der Waals surface area contributed by atoms with Gasteiger partial charge in [-0.1, -0.05) is 23.7 Å². The van der Waals surface area contributed by atoms with E-state index in [4.69, 9.17) is 16.3 Å². The number of morpholine rings is 1.